The first-order valence-corrected chi connectivity index (χ1v) is 10.6. The molecule has 1 rings (SSSR count). The average Bonchev–Trinajstić information content (AvgIpc) is 2.65. The van der Waals surface area contributed by atoms with Crippen LogP contribution in [0.2, 0.25) is 0 Å². The number of amides is 1. The number of nitrogens with one attached hydrogen (secondary N) is 1. The van der Waals surface area contributed by atoms with Gasteiger partial charge in [0.15, 0.2) is 0 Å². The summed E-state index contributed by atoms with van der Waals surface area (Å²) in [6, 6.07) is 0.206. The average molecular weight is 386 g/mol. The highest BCUT2D eigenvalue weighted by Gasteiger charge is 2.25. The number of hydrogen-bond donors (Lipinski definition) is 1. The Bertz CT molecular complexity index is 405. The molecule has 0 heterocycles. The molecule has 6 heteroatoms. The van der Waals surface area contributed by atoms with E-state index in [4.69, 9.17) is 14.2 Å². The Morgan fingerprint density at radius 1 is 0.889 bits per heavy atom. The van der Waals surface area contributed by atoms with Gasteiger partial charge in [0.2, 0.25) is 5.91 Å². The van der Waals surface area contributed by atoms with Crippen molar-refractivity contribution in [2.45, 2.75) is 71.8 Å². The minimum absolute atomic E-state index is 0.0275. The number of ketones is 1. The van der Waals surface area contributed by atoms with Crippen LogP contribution in [0.3, 0.4) is 0 Å². The van der Waals surface area contributed by atoms with Gasteiger partial charge in [-0.2, -0.15) is 0 Å². The lowest BCUT2D eigenvalue weighted by molar-refractivity contribution is -0.124. The van der Waals surface area contributed by atoms with E-state index in [1.54, 1.807) is 0 Å². The minimum Gasteiger partial charge on any atom is -0.379 e. The summed E-state index contributed by atoms with van der Waals surface area (Å²) >= 11 is 0. The van der Waals surface area contributed by atoms with Gasteiger partial charge >= 0.3 is 0 Å². The number of carbonyl (C=O) groups excluding carboxylic acids is 2. The second-order valence-electron chi connectivity index (χ2n) is 7.71. The maximum absolute atomic E-state index is 12.0. The van der Waals surface area contributed by atoms with Crippen LogP contribution in [-0.4, -0.2) is 57.4 Å². The number of ether oxygens (including phenoxy) is 3. The van der Waals surface area contributed by atoms with Crippen LogP contribution < -0.4 is 5.32 Å². The largest absolute Gasteiger partial charge is 0.379 e. The van der Waals surface area contributed by atoms with Gasteiger partial charge in [0.1, 0.15) is 5.78 Å². The van der Waals surface area contributed by atoms with E-state index in [0.717, 1.165) is 38.7 Å². The van der Waals surface area contributed by atoms with Crippen LogP contribution in [0.5, 0.6) is 0 Å². The van der Waals surface area contributed by atoms with Gasteiger partial charge in [-0.15, -0.1) is 0 Å². The molecule has 0 radical (unpaired) electrons. The van der Waals surface area contributed by atoms with Crippen molar-refractivity contribution in [3.8, 4) is 0 Å². The minimum atomic E-state index is 0.0275. The number of rotatable bonds is 15. The van der Waals surface area contributed by atoms with Gasteiger partial charge in [0.05, 0.1) is 33.0 Å². The Morgan fingerprint density at radius 3 is 2.00 bits per heavy atom. The van der Waals surface area contributed by atoms with E-state index in [0.29, 0.717) is 57.6 Å². The van der Waals surface area contributed by atoms with Crippen molar-refractivity contribution in [1.29, 1.82) is 0 Å². The summed E-state index contributed by atoms with van der Waals surface area (Å²) in [6.45, 7) is 9.66. The molecule has 0 spiro atoms. The molecular weight excluding hydrogens is 346 g/mol. The van der Waals surface area contributed by atoms with Gasteiger partial charge in [0.25, 0.3) is 0 Å². The second kappa shape index (κ2) is 15.0. The molecule has 1 aliphatic rings. The highest BCUT2D eigenvalue weighted by atomic mass is 16.5. The monoisotopic (exact) mass is 385 g/mol. The first-order chi connectivity index (χ1) is 13.0. The van der Waals surface area contributed by atoms with E-state index in [2.05, 4.69) is 19.2 Å². The Labute approximate surface area is 164 Å². The fourth-order valence-electron chi connectivity index (χ4n) is 3.17. The molecule has 0 bridgehead atoms. The smallest absolute Gasteiger partial charge is 0.222 e. The van der Waals surface area contributed by atoms with Gasteiger partial charge in [-0.3, -0.25) is 9.59 Å². The molecule has 158 valence electrons. The summed E-state index contributed by atoms with van der Waals surface area (Å²) in [4.78, 5) is 23.7. The molecule has 0 aromatic carbocycles. The molecule has 1 amide bonds. The van der Waals surface area contributed by atoms with Crippen LogP contribution in [-0.2, 0) is 23.8 Å². The van der Waals surface area contributed by atoms with Crippen molar-refractivity contribution in [1.82, 2.24) is 5.32 Å². The third-order valence-electron chi connectivity index (χ3n) is 4.95. The van der Waals surface area contributed by atoms with E-state index in [9.17, 15) is 9.59 Å². The van der Waals surface area contributed by atoms with E-state index >= 15 is 0 Å². The Kier molecular flexibility index (Phi) is 13.4. The van der Waals surface area contributed by atoms with Gasteiger partial charge in [0, 0.05) is 31.4 Å². The number of hydrogen-bond acceptors (Lipinski definition) is 5. The summed E-state index contributed by atoms with van der Waals surface area (Å²) in [7, 11) is 0. The van der Waals surface area contributed by atoms with Crippen molar-refractivity contribution < 1.29 is 23.8 Å². The van der Waals surface area contributed by atoms with Gasteiger partial charge < -0.3 is 19.5 Å². The molecule has 0 aromatic rings. The first-order valence-electron chi connectivity index (χ1n) is 10.6. The normalized spacial score (nSPS) is 20.0. The molecule has 1 fully saturated rings. The van der Waals surface area contributed by atoms with Crippen molar-refractivity contribution in [3.63, 3.8) is 0 Å². The van der Waals surface area contributed by atoms with Crippen LogP contribution >= 0.6 is 0 Å². The van der Waals surface area contributed by atoms with Crippen LogP contribution in [0.15, 0.2) is 0 Å². The maximum atomic E-state index is 12.0. The predicted octanol–water partition coefficient (Wildman–Crippen LogP) is 3.13. The summed E-state index contributed by atoms with van der Waals surface area (Å²) in [5, 5.41) is 3.06. The Hall–Kier alpha value is -0.980. The number of Topliss-reactive ketones (excluding diaryl/α,β-unsaturated/α-hetero) is 1. The van der Waals surface area contributed by atoms with E-state index in [1.807, 2.05) is 6.92 Å². The number of carbonyl (C=O) groups is 2. The fourth-order valence-corrected chi connectivity index (χ4v) is 3.17. The van der Waals surface area contributed by atoms with Crippen molar-refractivity contribution >= 4 is 11.7 Å². The molecule has 0 aliphatic heterocycles. The quantitative estimate of drug-likeness (QED) is 0.439. The lowest BCUT2D eigenvalue weighted by Gasteiger charge is -2.28. The van der Waals surface area contributed by atoms with Gasteiger partial charge in [-0.05, 0) is 38.0 Å². The zero-order valence-corrected chi connectivity index (χ0v) is 17.5. The first kappa shape index (κ1) is 24.1. The maximum Gasteiger partial charge on any atom is 0.222 e. The molecule has 0 atom stereocenters. The predicted molar refractivity (Wildman–Crippen MR) is 106 cm³/mol. The molecule has 6 nitrogen and oxygen atoms in total. The van der Waals surface area contributed by atoms with Crippen LogP contribution in [0.1, 0.15) is 65.7 Å². The van der Waals surface area contributed by atoms with Gasteiger partial charge in [-0.1, -0.05) is 20.8 Å². The summed E-state index contributed by atoms with van der Waals surface area (Å²) < 4.78 is 16.3. The Morgan fingerprint density at radius 2 is 1.44 bits per heavy atom. The lowest BCUT2D eigenvalue weighted by atomic mass is 9.83. The summed E-state index contributed by atoms with van der Waals surface area (Å²) in [6.07, 6.45) is 5.65. The van der Waals surface area contributed by atoms with Crippen molar-refractivity contribution in [2.75, 3.05) is 39.6 Å². The summed E-state index contributed by atoms with van der Waals surface area (Å²) in [5.74, 6) is 1.25. The molecule has 27 heavy (non-hydrogen) atoms. The van der Waals surface area contributed by atoms with Crippen LogP contribution in [0, 0.1) is 11.8 Å². The highest BCUT2D eigenvalue weighted by Crippen LogP contribution is 2.25. The van der Waals surface area contributed by atoms with E-state index in [-0.39, 0.29) is 17.9 Å². The summed E-state index contributed by atoms with van der Waals surface area (Å²) in [5.41, 5.74) is 0. The van der Waals surface area contributed by atoms with Crippen molar-refractivity contribution in [2.24, 2.45) is 11.8 Å². The topological polar surface area (TPSA) is 73.9 Å². The SMILES string of the molecule is CCC(=O)C1CCC(NC(=O)CCOCCOCCOCCC(C)C)CC1. The third-order valence-corrected chi connectivity index (χ3v) is 4.95. The van der Waals surface area contributed by atoms with E-state index < -0.39 is 0 Å². The lowest BCUT2D eigenvalue weighted by Crippen LogP contribution is -2.39. The molecule has 1 N–H and O–H groups in total. The molecule has 1 aliphatic carbocycles. The molecule has 0 saturated heterocycles. The van der Waals surface area contributed by atoms with Crippen LogP contribution in [0.4, 0.5) is 0 Å². The molecule has 0 unspecified atom stereocenters. The third kappa shape index (κ3) is 12.2. The Balaban J connectivity index is 1.90. The molecular formula is C21H39NO5. The molecule has 1 saturated carbocycles. The standard InChI is InChI=1S/C21H39NO5/c1-4-20(23)18-5-7-19(8-6-18)22-21(24)10-12-26-14-16-27-15-13-25-11-9-17(2)3/h17-19H,4-16H2,1-3H3,(H,22,24). The van der Waals surface area contributed by atoms with Crippen LogP contribution in [0.25, 0.3) is 0 Å². The van der Waals surface area contributed by atoms with Crippen molar-refractivity contribution in [3.05, 3.63) is 0 Å². The molecule has 0 aromatic heterocycles. The zero-order valence-electron chi connectivity index (χ0n) is 17.5. The highest BCUT2D eigenvalue weighted by molar-refractivity contribution is 5.80. The van der Waals surface area contributed by atoms with Gasteiger partial charge in [-0.25, -0.2) is 0 Å². The second-order valence-corrected chi connectivity index (χ2v) is 7.71. The fraction of sp³-hybridized carbons (Fsp3) is 0.905. The van der Waals surface area contributed by atoms with E-state index in [1.165, 1.54) is 0 Å². The zero-order chi connectivity index (χ0) is 19.9.